The van der Waals surface area contributed by atoms with Gasteiger partial charge < -0.3 is 4.90 Å². The van der Waals surface area contributed by atoms with Crippen LogP contribution < -0.4 is 9.62 Å². The van der Waals surface area contributed by atoms with Crippen molar-refractivity contribution in [2.75, 3.05) is 18.0 Å². The van der Waals surface area contributed by atoms with Crippen molar-refractivity contribution in [1.29, 1.82) is 0 Å². The summed E-state index contributed by atoms with van der Waals surface area (Å²) < 4.78 is 59.1. The van der Waals surface area contributed by atoms with Crippen LogP contribution in [0.1, 0.15) is 62.2 Å². The standard InChI is InChI=1S/C30H33F3N6OS2/c1-19-23(41-22-10-7-13-34-25(22)30(31,32)33)26-35-14-17-39(26)27(36-19)38-15-11-29(12-16-38)18-20-8-5-6-9-21(20)24(29)37-42(40)28(2,3)4/h5-10,13-14,17,24,37H,11-12,15-16,18H2,1-4H3/t24-,42-/m1/s1. The van der Waals surface area contributed by atoms with Gasteiger partial charge in [-0.05, 0) is 75.6 Å². The van der Waals surface area contributed by atoms with Crippen molar-refractivity contribution in [3.05, 3.63) is 77.5 Å². The van der Waals surface area contributed by atoms with Crippen LogP contribution >= 0.6 is 11.8 Å². The van der Waals surface area contributed by atoms with Gasteiger partial charge in [0.25, 0.3) is 0 Å². The average Bonchev–Trinajstić information content (AvgIpc) is 3.53. The maximum atomic E-state index is 13.6. The summed E-state index contributed by atoms with van der Waals surface area (Å²) in [6.45, 7) is 9.23. The molecule has 3 aromatic heterocycles. The van der Waals surface area contributed by atoms with Gasteiger partial charge in [0.15, 0.2) is 11.3 Å². The Hall–Kier alpha value is -2.96. The molecule has 1 saturated heterocycles. The molecule has 0 radical (unpaired) electrons. The van der Waals surface area contributed by atoms with Crippen LogP contribution in [0, 0.1) is 12.3 Å². The summed E-state index contributed by atoms with van der Waals surface area (Å²) in [5, 5.41) is 0. The summed E-state index contributed by atoms with van der Waals surface area (Å²) in [7, 11) is -1.22. The molecule has 1 aliphatic carbocycles. The largest absolute Gasteiger partial charge is 0.434 e. The molecule has 0 amide bonds. The molecule has 1 fully saturated rings. The van der Waals surface area contributed by atoms with Crippen molar-refractivity contribution in [1.82, 2.24) is 24.1 Å². The third-order valence-corrected chi connectivity index (χ3v) is 11.0. The number of fused-ring (bicyclic) bond motifs is 2. The monoisotopic (exact) mass is 614 g/mol. The molecule has 4 aromatic rings. The van der Waals surface area contributed by atoms with Crippen LogP contribution in [-0.2, 0) is 23.6 Å². The molecule has 0 bridgehead atoms. The normalized spacial score (nSPS) is 19.4. The van der Waals surface area contributed by atoms with E-state index in [1.165, 1.54) is 23.3 Å². The van der Waals surface area contributed by atoms with Gasteiger partial charge in [-0.25, -0.2) is 18.9 Å². The quantitative estimate of drug-likeness (QED) is 0.275. The van der Waals surface area contributed by atoms with Crippen LogP contribution in [0.15, 0.2) is 64.8 Å². The minimum atomic E-state index is -4.56. The summed E-state index contributed by atoms with van der Waals surface area (Å²) in [5.41, 5.74) is 2.71. The first-order valence-corrected chi connectivity index (χ1v) is 15.9. The summed E-state index contributed by atoms with van der Waals surface area (Å²) in [5.74, 6) is 0.722. The fourth-order valence-electron chi connectivity index (χ4n) is 6.07. The van der Waals surface area contributed by atoms with E-state index < -0.39 is 22.9 Å². The first kappa shape index (κ1) is 29.1. The van der Waals surface area contributed by atoms with Gasteiger partial charge in [0.2, 0.25) is 5.95 Å². The molecule has 6 rings (SSSR count). The van der Waals surface area contributed by atoms with Crippen molar-refractivity contribution in [3.63, 3.8) is 0 Å². The lowest BCUT2D eigenvalue weighted by atomic mass is 9.73. The smallest absolute Gasteiger partial charge is 0.342 e. The van der Waals surface area contributed by atoms with Crippen LogP contribution in [0.25, 0.3) is 5.65 Å². The maximum absolute atomic E-state index is 13.6. The van der Waals surface area contributed by atoms with E-state index in [1.54, 1.807) is 6.20 Å². The molecule has 42 heavy (non-hydrogen) atoms. The van der Waals surface area contributed by atoms with Crippen molar-refractivity contribution < 1.29 is 17.4 Å². The number of alkyl halides is 3. The highest BCUT2D eigenvalue weighted by atomic mass is 32.2. The Morgan fingerprint density at radius 1 is 1.05 bits per heavy atom. The van der Waals surface area contributed by atoms with Crippen LogP contribution in [0.5, 0.6) is 0 Å². The number of aromatic nitrogens is 4. The number of halogens is 3. The van der Waals surface area contributed by atoms with Gasteiger partial charge >= 0.3 is 6.18 Å². The predicted molar refractivity (Wildman–Crippen MR) is 159 cm³/mol. The van der Waals surface area contributed by atoms with Crippen LogP contribution in [0.3, 0.4) is 0 Å². The third-order valence-electron chi connectivity index (χ3n) is 8.25. The van der Waals surface area contributed by atoms with Crippen LogP contribution in [0.4, 0.5) is 19.1 Å². The minimum Gasteiger partial charge on any atom is -0.342 e. The molecule has 0 saturated carbocycles. The van der Waals surface area contributed by atoms with Gasteiger partial charge in [0, 0.05) is 36.6 Å². The molecule has 1 aliphatic heterocycles. The number of rotatable bonds is 5. The number of piperidine rings is 1. The Balaban J connectivity index is 1.28. The van der Waals surface area contributed by atoms with Gasteiger partial charge in [0.05, 0.1) is 32.4 Å². The molecular weight excluding hydrogens is 581 g/mol. The second kappa shape index (κ2) is 10.6. The van der Waals surface area contributed by atoms with Gasteiger partial charge in [-0.3, -0.25) is 9.38 Å². The maximum Gasteiger partial charge on any atom is 0.434 e. The second-order valence-corrected chi connectivity index (χ2v) is 15.1. The summed E-state index contributed by atoms with van der Waals surface area (Å²) in [6.07, 6.45) is 2.72. The van der Waals surface area contributed by atoms with E-state index in [4.69, 9.17) is 4.98 Å². The SMILES string of the molecule is Cc1nc(N2CCC3(CC2)Cc2ccccc2[C@H]3N[S@](=O)C(C)(C)C)n2ccnc2c1Sc1cccnc1C(F)(F)F. The van der Waals surface area contributed by atoms with E-state index in [1.807, 2.05) is 44.4 Å². The van der Waals surface area contributed by atoms with E-state index in [0.29, 0.717) is 16.2 Å². The first-order valence-electron chi connectivity index (χ1n) is 13.9. The lowest BCUT2D eigenvalue weighted by Gasteiger charge is -2.44. The summed E-state index contributed by atoms with van der Waals surface area (Å²) in [4.78, 5) is 15.8. The lowest BCUT2D eigenvalue weighted by Crippen LogP contribution is -2.48. The summed E-state index contributed by atoms with van der Waals surface area (Å²) >= 11 is 0.989. The molecule has 7 nitrogen and oxygen atoms in total. The highest BCUT2D eigenvalue weighted by Gasteiger charge is 2.49. The molecule has 222 valence electrons. The summed E-state index contributed by atoms with van der Waals surface area (Å²) in [6, 6.07) is 11.4. The molecule has 0 unspecified atom stereocenters. The van der Waals surface area contributed by atoms with Crippen LogP contribution in [-0.4, -0.2) is 41.4 Å². The molecule has 1 spiro atoms. The van der Waals surface area contributed by atoms with E-state index in [-0.39, 0.29) is 21.1 Å². The number of anilines is 1. The third kappa shape index (κ3) is 5.22. The van der Waals surface area contributed by atoms with Crippen molar-refractivity contribution in [2.45, 2.75) is 73.7 Å². The van der Waals surface area contributed by atoms with E-state index in [2.05, 4.69) is 37.8 Å². The van der Waals surface area contributed by atoms with E-state index >= 15 is 0 Å². The number of hydrogen-bond acceptors (Lipinski definition) is 6. The Kier molecular flexibility index (Phi) is 7.38. The van der Waals surface area contributed by atoms with E-state index in [9.17, 15) is 17.4 Å². The number of nitrogens with one attached hydrogen (secondary N) is 1. The highest BCUT2D eigenvalue weighted by molar-refractivity contribution is 7.99. The molecule has 2 atom stereocenters. The Morgan fingerprint density at radius 2 is 1.79 bits per heavy atom. The average molecular weight is 615 g/mol. The molecule has 12 heteroatoms. The Morgan fingerprint density at radius 3 is 2.50 bits per heavy atom. The fourth-order valence-corrected chi connectivity index (χ4v) is 8.08. The van der Waals surface area contributed by atoms with Crippen LogP contribution in [0.2, 0.25) is 0 Å². The molecule has 4 heterocycles. The van der Waals surface area contributed by atoms with Crippen molar-refractivity contribution in [3.8, 4) is 0 Å². The first-order chi connectivity index (χ1) is 19.9. The van der Waals surface area contributed by atoms with Gasteiger partial charge in [-0.15, -0.1) is 0 Å². The predicted octanol–water partition coefficient (Wildman–Crippen LogP) is 6.54. The van der Waals surface area contributed by atoms with Crippen molar-refractivity contribution in [2.24, 2.45) is 5.41 Å². The molecule has 1 N–H and O–H groups in total. The number of nitrogens with zero attached hydrogens (tertiary/aromatic N) is 5. The zero-order valence-corrected chi connectivity index (χ0v) is 25.5. The lowest BCUT2D eigenvalue weighted by molar-refractivity contribution is -0.143. The molecular formula is C30H33F3N6OS2. The Bertz CT molecular complexity index is 1660. The molecule has 2 aliphatic rings. The topological polar surface area (TPSA) is 75.4 Å². The Labute approximate surface area is 249 Å². The highest BCUT2D eigenvalue weighted by Crippen LogP contribution is 2.53. The van der Waals surface area contributed by atoms with Gasteiger partial charge in [-0.1, -0.05) is 36.0 Å². The molecule has 1 aromatic carbocycles. The zero-order valence-electron chi connectivity index (χ0n) is 23.9. The number of hydrogen-bond donors (Lipinski definition) is 1. The van der Waals surface area contributed by atoms with E-state index in [0.717, 1.165) is 56.3 Å². The van der Waals surface area contributed by atoms with Crippen molar-refractivity contribution >= 4 is 34.3 Å². The number of imidazole rings is 1. The number of pyridine rings is 1. The fraction of sp³-hybridized carbons (Fsp3) is 0.433. The van der Waals surface area contributed by atoms with Gasteiger partial charge in [0.1, 0.15) is 0 Å². The second-order valence-electron chi connectivity index (χ2n) is 12.1. The van der Waals surface area contributed by atoms with Gasteiger partial charge in [-0.2, -0.15) is 13.2 Å². The minimum absolute atomic E-state index is 0.0134. The number of benzene rings is 1. The zero-order chi connectivity index (χ0) is 29.9. The number of aryl methyl sites for hydroxylation is 1.